The van der Waals surface area contributed by atoms with Crippen molar-refractivity contribution in [3.8, 4) is 0 Å². The lowest BCUT2D eigenvalue weighted by Crippen LogP contribution is -2.37. The third-order valence-corrected chi connectivity index (χ3v) is 2.45. The Labute approximate surface area is 108 Å². The molecular formula is C11H15BrFN3O. The van der Waals surface area contributed by atoms with Gasteiger partial charge in [-0.2, -0.15) is 0 Å². The molecule has 0 radical (unpaired) electrons. The molecular weight excluding hydrogens is 289 g/mol. The van der Waals surface area contributed by atoms with Crippen LogP contribution in [0.1, 0.15) is 13.8 Å². The molecule has 1 aromatic rings. The second-order valence-electron chi connectivity index (χ2n) is 4.20. The maximum Gasteiger partial charge on any atom is 0.237 e. The molecule has 0 aromatic carbocycles. The molecule has 94 valence electrons. The minimum absolute atomic E-state index is 0.0380. The van der Waals surface area contributed by atoms with Crippen molar-refractivity contribution in [2.24, 2.45) is 11.7 Å². The van der Waals surface area contributed by atoms with Gasteiger partial charge < -0.3 is 10.6 Å². The van der Waals surface area contributed by atoms with Gasteiger partial charge in [-0.1, -0.05) is 13.8 Å². The van der Waals surface area contributed by atoms with E-state index in [9.17, 15) is 9.18 Å². The first kappa shape index (κ1) is 13.9. The highest BCUT2D eigenvalue weighted by Crippen LogP contribution is 2.20. The highest BCUT2D eigenvalue weighted by atomic mass is 79.9. The van der Waals surface area contributed by atoms with Crippen molar-refractivity contribution < 1.29 is 9.18 Å². The van der Waals surface area contributed by atoms with Gasteiger partial charge in [-0.3, -0.25) is 4.79 Å². The number of halogens is 2. The van der Waals surface area contributed by atoms with Gasteiger partial charge in [0.2, 0.25) is 5.91 Å². The Morgan fingerprint density at radius 3 is 2.76 bits per heavy atom. The van der Waals surface area contributed by atoms with E-state index in [0.29, 0.717) is 11.0 Å². The number of hydrogen-bond donors (Lipinski definition) is 1. The van der Waals surface area contributed by atoms with Gasteiger partial charge in [-0.05, 0) is 27.9 Å². The Hall–Kier alpha value is -1.17. The lowest BCUT2D eigenvalue weighted by atomic mass is 10.2. The summed E-state index contributed by atoms with van der Waals surface area (Å²) in [5, 5.41) is 0. The lowest BCUT2D eigenvalue weighted by molar-refractivity contribution is -0.116. The van der Waals surface area contributed by atoms with Crippen molar-refractivity contribution in [2.75, 3.05) is 18.0 Å². The average molecular weight is 304 g/mol. The molecule has 1 aromatic heterocycles. The van der Waals surface area contributed by atoms with Crippen molar-refractivity contribution in [3.63, 3.8) is 0 Å². The van der Waals surface area contributed by atoms with Crippen molar-refractivity contribution in [2.45, 2.75) is 13.8 Å². The highest BCUT2D eigenvalue weighted by molar-refractivity contribution is 9.10. The van der Waals surface area contributed by atoms with Crippen LogP contribution in [0.2, 0.25) is 0 Å². The largest absolute Gasteiger partial charge is 0.368 e. The molecule has 6 heteroatoms. The van der Waals surface area contributed by atoms with Gasteiger partial charge in [0, 0.05) is 17.2 Å². The van der Waals surface area contributed by atoms with Gasteiger partial charge in [-0.15, -0.1) is 0 Å². The fourth-order valence-corrected chi connectivity index (χ4v) is 1.80. The fraction of sp³-hybridized carbons (Fsp3) is 0.455. The lowest BCUT2D eigenvalue weighted by Gasteiger charge is -2.24. The van der Waals surface area contributed by atoms with E-state index in [1.165, 1.54) is 12.3 Å². The molecule has 17 heavy (non-hydrogen) atoms. The van der Waals surface area contributed by atoms with Crippen LogP contribution < -0.4 is 10.6 Å². The number of aromatic nitrogens is 1. The van der Waals surface area contributed by atoms with Crippen molar-refractivity contribution in [1.29, 1.82) is 0 Å². The maximum absolute atomic E-state index is 13.7. The van der Waals surface area contributed by atoms with Gasteiger partial charge in [0.25, 0.3) is 0 Å². The van der Waals surface area contributed by atoms with Crippen molar-refractivity contribution >= 4 is 27.7 Å². The molecule has 0 spiro atoms. The number of carbonyl (C=O) groups is 1. The minimum Gasteiger partial charge on any atom is -0.368 e. The molecule has 0 aliphatic heterocycles. The van der Waals surface area contributed by atoms with E-state index in [0.717, 1.165) is 0 Å². The molecule has 0 fully saturated rings. The van der Waals surface area contributed by atoms with Crippen LogP contribution >= 0.6 is 15.9 Å². The summed E-state index contributed by atoms with van der Waals surface area (Å²) < 4.78 is 14.3. The van der Waals surface area contributed by atoms with Crippen LogP contribution in [0.3, 0.4) is 0 Å². The van der Waals surface area contributed by atoms with Crippen LogP contribution in [-0.2, 0) is 4.79 Å². The van der Waals surface area contributed by atoms with Gasteiger partial charge >= 0.3 is 0 Å². The summed E-state index contributed by atoms with van der Waals surface area (Å²) in [6, 6.07) is 1.32. The molecule has 4 nitrogen and oxygen atoms in total. The summed E-state index contributed by atoms with van der Waals surface area (Å²) in [6.07, 6.45) is 1.49. The summed E-state index contributed by atoms with van der Waals surface area (Å²) in [5.74, 6) is -0.545. The first-order valence-corrected chi connectivity index (χ1v) is 6.03. The van der Waals surface area contributed by atoms with E-state index in [1.54, 1.807) is 4.90 Å². The third-order valence-electron chi connectivity index (χ3n) is 2.02. The zero-order valence-corrected chi connectivity index (χ0v) is 11.4. The number of carbonyl (C=O) groups excluding carboxylic acids is 1. The number of hydrogen-bond acceptors (Lipinski definition) is 3. The molecule has 2 N–H and O–H groups in total. The monoisotopic (exact) mass is 303 g/mol. The topological polar surface area (TPSA) is 59.2 Å². The molecule has 1 amide bonds. The molecule has 1 heterocycles. The van der Waals surface area contributed by atoms with Crippen LogP contribution in [0, 0.1) is 11.7 Å². The van der Waals surface area contributed by atoms with Gasteiger partial charge in [0.1, 0.15) is 0 Å². The Balaban J connectivity index is 2.98. The van der Waals surface area contributed by atoms with Crippen molar-refractivity contribution in [3.05, 3.63) is 22.6 Å². The molecule has 0 saturated carbocycles. The summed E-state index contributed by atoms with van der Waals surface area (Å²) in [7, 11) is 0. The summed E-state index contributed by atoms with van der Waals surface area (Å²) in [6.45, 7) is 4.44. The number of nitrogens with two attached hydrogens (primary N) is 1. The SMILES string of the molecule is CC(C)CN(CC(N)=O)c1ncc(Br)cc1F. The Kier molecular flexibility index (Phi) is 4.86. The number of anilines is 1. The van der Waals surface area contributed by atoms with E-state index >= 15 is 0 Å². The highest BCUT2D eigenvalue weighted by Gasteiger charge is 2.16. The first-order valence-electron chi connectivity index (χ1n) is 5.24. The zero-order valence-electron chi connectivity index (χ0n) is 9.78. The van der Waals surface area contributed by atoms with Crippen LogP contribution in [0.25, 0.3) is 0 Å². The standard InChI is InChI=1S/C11H15BrFN3O/c1-7(2)5-16(6-10(14)17)11-9(13)3-8(12)4-15-11/h3-4,7H,5-6H2,1-2H3,(H2,14,17). The second kappa shape index (κ2) is 5.95. The van der Waals surface area contributed by atoms with Crippen LogP contribution in [0.5, 0.6) is 0 Å². The molecule has 0 aliphatic carbocycles. The smallest absolute Gasteiger partial charge is 0.237 e. The van der Waals surface area contributed by atoms with Crippen LogP contribution in [0.15, 0.2) is 16.7 Å². The van der Waals surface area contributed by atoms with E-state index < -0.39 is 11.7 Å². The van der Waals surface area contributed by atoms with Crippen LogP contribution in [-0.4, -0.2) is 24.0 Å². The molecule has 0 atom stereocenters. The number of amides is 1. The third kappa shape index (κ3) is 4.30. The molecule has 0 aliphatic rings. The number of nitrogens with zero attached hydrogens (tertiary/aromatic N) is 2. The average Bonchev–Trinajstić information content (AvgIpc) is 2.14. The summed E-state index contributed by atoms with van der Waals surface area (Å²) in [4.78, 5) is 16.5. The molecule has 0 unspecified atom stereocenters. The maximum atomic E-state index is 13.7. The van der Waals surface area contributed by atoms with E-state index in [-0.39, 0.29) is 18.3 Å². The Morgan fingerprint density at radius 1 is 1.65 bits per heavy atom. The number of pyridine rings is 1. The van der Waals surface area contributed by atoms with Gasteiger partial charge in [0.05, 0.1) is 6.54 Å². The molecule has 1 rings (SSSR count). The zero-order chi connectivity index (χ0) is 13.0. The summed E-state index contributed by atoms with van der Waals surface area (Å²) >= 11 is 3.13. The Morgan fingerprint density at radius 2 is 2.29 bits per heavy atom. The van der Waals surface area contributed by atoms with E-state index in [2.05, 4.69) is 20.9 Å². The normalized spacial score (nSPS) is 10.6. The number of primary amides is 1. The Bertz CT molecular complexity index is 412. The van der Waals surface area contributed by atoms with Gasteiger partial charge in [0.15, 0.2) is 11.6 Å². The quantitative estimate of drug-likeness (QED) is 0.904. The first-order chi connectivity index (χ1) is 7.90. The predicted molar refractivity (Wildman–Crippen MR) is 68.1 cm³/mol. The van der Waals surface area contributed by atoms with Crippen molar-refractivity contribution in [1.82, 2.24) is 4.98 Å². The second-order valence-corrected chi connectivity index (χ2v) is 5.12. The van der Waals surface area contributed by atoms with E-state index in [4.69, 9.17) is 5.73 Å². The predicted octanol–water partition coefficient (Wildman–Crippen LogP) is 1.93. The van der Waals surface area contributed by atoms with E-state index in [1.807, 2.05) is 13.8 Å². The summed E-state index contributed by atoms with van der Waals surface area (Å²) in [5.41, 5.74) is 5.15. The molecule has 0 bridgehead atoms. The van der Waals surface area contributed by atoms with Crippen LogP contribution in [0.4, 0.5) is 10.2 Å². The number of rotatable bonds is 5. The molecule has 0 saturated heterocycles. The van der Waals surface area contributed by atoms with Gasteiger partial charge in [-0.25, -0.2) is 9.37 Å². The fourth-order valence-electron chi connectivity index (χ4n) is 1.49. The minimum atomic E-state index is -0.505.